The van der Waals surface area contributed by atoms with Gasteiger partial charge >= 0.3 is 0 Å². The minimum Gasteiger partial charge on any atom is -0.508 e. The molecule has 0 saturated heterocycles. The van der Waals surface area contributed by atoms with E-state index >= 15 is 0 Å². The number of phenols is 1. The van der Waals surface area contributed by atoms with Crippen LogP contribution in [0.1, 0.15) is 24.5 Å². The Morgan fingerprint density at radius 3 is 2.67 bits per heavy atom. The average Bonchev–Trinajstić information content (AvgIpc) is 2.53. The average molecular weight is 391 g/mol. The van der Waals surface area contributed by atoms with Crippen LogP contribution in [0.3, 0.4) is 0 Å². The van der Waals surface area contributed by atoms with Crippen molar-refractivity contribution in [1.82, 2.24) is 4.90 Å². The molecule has 0 unspecified atom stereocenters. The summed E-state index contributed by atoms with van der Waals surface area (Å²) in [5, 5.41) is 12.9. The first-order chi connectivity index (χ1) is 11.5. The molecule has 0 saturated carbocycles. The van der Waals surface area contributed by atoms with Gasteiger partial charge in [0, 0.05) is 22.3 Å². The molecule has 2 rings (SSSR count). The second kappa shape index (κ2) is 8.85. The molecule has 24 heavy (non-hydrogen) atoms. The predicted octanol–water partition coefficient (Wildman–Crippen LogP) is 4.31. The fourth-order valence-electron chi connectivity index (χ4n) is 2.54. The van der Waals surface area contributed by atoms with E-state index in [-0.39, 0.29) is 18.2 Å². The maximum atomic E-state index is 12.3. The Kier molecular flexibility index (Phi) is 6.82. The van der Waals surface area contributed by atoms with Crippen LogP contribution in [-0.4, -0.2) is 29.0 Å². The molecule has 0 bridgehead atoms. The smallest absolute Gasteiger partial charge is 0.238 e. The number of halogens is 1. The van der Waals surface area contributed by atoms with Gasteiger partial charge in [-0.3, -0.25) is 9.69 Å². The number of aromatic hydroxyl groups is 1. The van der Waals surface area contributed by atoms with Crippen molar-refractivity contribution in [3.8, 4) is 5.75 Å². The summed E-state index contributed by atoms with van der Waals surface area (Å²) in [4.78, 5) is 14.4. The number of carbonyl (C=O) groups excluding carboxylic acids is 1. The summed E-state index contributed by atoms with van der Waals surface area (Å²) in [5.41, 5.74) is 2.70. The van der Waals surface area contributed by atoms with E-state index < -0.39 is 0 Å². The topological polar surface area (TPSA) is 52.6 Å². The Bertz CT molecular complexity index is 704. The first-order valence-corrected chi connectivity index (χ1v) is 8.84. The summed E-state index contributed by atoms with van der Waals surface area (Å²) in [6.45, 7) is 5.70. The molecule has 0 atom stereocenters. The van der Waals surface area contributed by atoms with Gasteiger partial charge in [-0.25, -0.2) is 0 Å². The third-order valence-electron chi connectivity index (χ3n) is 3.73. The fourth-order valence-corrected chi connectivity index (χ4v) is 2.79. The summed E-state index contributed by atoms with van der Waals surface area (Å²) in [7, 11) is 0. The van der Waals surface area contributed by atoms with E-state index in [9.17, 15) is 9.90 Å². The number of benzene rings is 2. The van der Waals surface area contributed by atoms with Crippen LogP contribution in [0.4, 0.5) is 5.69 Å². The van der Waals surface area contributed by atoms with Crippen LogP contribution in [0.15, 0.2) is 46.9 Å². The molecule has 0 aliphatic carbocycles. The molecular weight excluding hydrogens is 368 g/mol. The van der Waals surface area contributed by atoms with Crippen LogP contribution >= 0.6 is 15.9 Å². The molecular formula is C19H23BrN2O2. The zero-order valence-corrected chi connectivity index (χ0v) is 15.6. The van der Waals surface area contributed by atoms with Gasteiger partial charge in [-0.15, -0.1) is 0 Å². The molecule has 1 amide bonds. The second-order valence-corrected chi connectivity index (χ2v) is 6.71. The number of aryl methyl sites for hydroxylation is 1. The van der Waals surface area contributed by atoms with Crippen LogP contribution in [-0.2, 0) is 11.3 Å². The second-order valence-electron chi connectivity index (χ2n) is 5.85. The number of nitrogens with zero attached hydrogens (tertiary/aromatic N) is 1. The van der Waals surface area contributed by atoms with Gasteiger partial charge in [0.2, 0.25) is 5.91 Å². The highest BCUT2D eigenvalue weighted by Crippen LogP contribution is 2.20. The lowest BCUT2D eigenvalue weighted by atomic mass is 10.2. The van der Waals surface area contributed by atoms with Gasteiger partial charge in [0.25, 0.3) is 0 Å². The van der Waals surface area contributed by atoms with E-state index in [1.807, 2.05) is 42.2 Å². The minimum atomic E-state index is -0.0550. The number of carbonyl (C=O) groups is 1. The van der Waals surface area contributed by atoms with Gasteiger partial charge in [0.05, 0.1) is 6.54 Å². The van der Waals surface area contributed by atoms with Crippen molar-refractivity contribution in [2.24, 2.45) is 0 Å². The standard InChI is InChI=1S/C19H23BrN2O2/c1-3-10-22(12-15-6-4-5-7-18(15)23)13-19(24)21-16-8-9-17(20)14(2)11-16/h4-9,11,23H,3,10,12-13H2,1-2H3,(H,21,24). The number of anilines is 1. The lowest BCUT2D eigenvalue weighted by molar-refractivity contribution is -0.117. The van der Waals surface area contributed by atoms with Crippen LogP contribution in [0, 0.1) is 6.92 Å². The minimum absolute atomic E-state index is 0.0550. The van der Waals surface area contributed by atoms with Crippen LogP contribution in [0.25, 0.3) is 0 Å². The van der Waals surface area contributed by atoms with Crippen molar-refractivity contribution in [2.75, 3.05) is 18.4 Å². The van der Waals surface area contributed by atoms with Gasteiger partial charge in [-0.1, -0.05) is 41.1 Å². The first-order valence-electron chi connectivity index (χ1n) is 8.04. The highest BCUT2D eigenvalue weighted by atomic mass is 79.9. The highest BCUT2D eigenvalue weighted by molar-refractivity contribution is 9.10. The molecule has 0 aromatic heterocycles. The van der Waals surface area contributed by atoms with Crippen molar-refractivity contribution < 1.29 is 9.90 Å². The van der Waals surface area contributed by atoms with Gasteiger partial charge in [0.15, 0.2) is 0 Å². The summed E-state index contributed by atoms with van der Waals surface area (Å²) >= 11 is 3.46. The summed E-state index contributed by atoms with van der Waals surface area (Å²) < 4.78 is 1.02. The maximum absolute atomic E-state index is 12.3. The molecule has 0 fully saturated rings. The number of rotatable bonds is 7. The van der Waals surface area contributed by atoms with Crippen molar-refractivity contribution in [3.63, 3.8) is 0 Å². The zero-order valence-electron chi connectivity index (χ0n) is 14.1. The maximum Gasteiger partial charge on any atom is 0.238 e. The Morgan fingerprint density at radius 1 is 1.25 bits per heavy atom. The molecule has 0 aliphatic rings. The number of hydrogen-bond acceptors (Lipinski definition) is 3. The van der Waals surface area contributed by atoms with E-state index in [0.29, 0.717) is 6.54 Å². The van der Waals surface area contributed by atoms with Gasteiger partial charge in [-0.2, -0.15) is 0 Å². The Labute approximate surface area is 151 Å². The van der Waals surface area contributed by atoms with Crippen LogP contribution < -0.4 is 5.32 Å². The van der Waals surface area contributed by atoms with Crippen molar-refractivity contribution in [2.45, 2.75) is 26.8 Å². The van der Waals surface area contributed by atoms with E-state index in [0.717, 1.165) is 34.3 Å². The number of nitrogens with one attached hydrogen (secondary N) is 1. The lowest BCUT2D eigenvalue weighted by Crippen LogP contribution is -2.33. The molecule has 4 nitrogen and oxygen atoms in total. The molecule has 2 N–H and O–H groups in total. The summed E-state index contributed by atoms with van der Waals surface area (Å²) in [5.74, 6) is 0.211. The quantitative estimate of drug-likeness (QED) is 0.740. The molecule has 128 valence electrons. The van der Waals surface area contributed by atoms with Crippen molar-refractivity contribution >= 4 is 27.5 Å². The molecule has 0 heterocycles. The SMILES string of the molecule is CCCN(CC(=O)Nc1ccc(Br)c(C)c1)Cc1ccccc1O. The Balaban J connectivity index is 2.00. The Morgan fingerprint density at radius 2 is 2.00 bits per heavy atom. The van der Waals surface area contributed by atoms with Gasteiger partial charge < -0.3 is 10.4 Å². The molecule has 5 heteroatoms. The molecule has 0 spiro atoms. The monoisotopic (exact) mass is 390 g/mol. The predicted molar refractivity (Wildman–Crippen MR) is 101 cm³/mol. The first kappa shape index (κ1) is 18.5. The highest BCUT2D eigenvalue weighted by Gasteiger charge is 2.13. The van der Waals surface area contributed by atoms with E-state index in [1.165, 1.54) is 0 Å². The van der Waals surface area contributed by atoms with Gasteiger partial charge in [-0.05, 0) is 49.7 Å². The third kappa shape index (κ3) is 5.35. The van der Waals surface area contributed by atoms with Crippen molar-refractivity contribution in [1.29, 1.82) is 0 Å². The number of hydrogen-bond donors (Lipinski definition) is 2. The number of amides is 1. The van der Waals surface area contributed by atoms with E-state index in [1.54, 1.807) is 12.1 Å². The largest absolute Gasteiger partial charge is 0.508 e. The lowest BCUT2D eigenvalue weighted by Gasteiger charge is -2.21. The zero-order chi connectivity index (χ0) is 17.5. The van der Waals surface area contributed by atoms with E-state index in [2.05, 4.69) is 28.2 Å². The normalized spacial score (nSPS) is 10.8. The Hall–Kier alpha value is -1.85. The molecule has 2 aromatic carbocycles. The summed E-state index contributed by atoms with van der Waals surface area (Å²) in [6.07, 6.45) is 0.943. The molecule has 2 aromatic rings. The fraction of sp³-hybridized carbons (Fsp3) is 0.316. The van der Waals surface area contributed by atoms with Crippen molar-refractivity contribution in [3.05, 3.63) is 58.1 Å². The van der Waals surface area contributed by atoms with Crippen LogP contribution in [0.2, 0.25) is 0 Å². The number of para-hydroxylation sites is 1. The summed E-state index contributed by atoms with van der Waals surface area (Å²) in [6, 6.07) is 13.0. The number of phenolic OH excluding ortho intramolecular Hbond substituents is 1. The van der Waals surface area contributed by atoms with Crippen LogP contribution in [0.5, 0.6) is 5.75 Å². The third-order valence-corrected chi connectivity index (χ3v) is 4.62. The van der Waals surface area contributed by atoms with E-state index in [4.69, 9.17) is 0 Å². The molecule has 0 aliphatic heterocycles. The van der Waals surface area contributed by atoms with Gasteiger partial charge in [0.1, 0.15) is 5.75 Å². The molecule has 0 radical (unpaired) electrons.